The predicted octanol–water partition coefficient (Wildman–Crippen LogP) is 1.55. The summed E-state index contributed by atoms with van der Waals surface area (Å²) >= 11 is 0. The predicted molar refractivity (Wildman–Crippen MR) is 64.1 cm³/mol. The smallest absolute Gasteiger partial charge is 0.254 e. The van der Waals surface area contributed by atoms with Gasteiger partial charge >= 0.3 is 0 Å². The molecule has 0 fully saturated rings. The number of benzene rings is 1. The van der Waals surface area contributed by atoms with Crippen LogP contribution < -0.4 is 0 Å². The quantitative estimate of drug-likeness (QED) is 0.553. The lowest BCUT2D eigenvalue weighted by molar-refractivity contribution is -0.108. The normalized spacial score (nSPS) is 9.71. The third-order valence-corrected chi connectivity index (χ3v) is 2.48. The molecule has 0 heterocycles. The zero-order valence-corrected chi connectivity index (χ0v) is 9.76. The zero-order valence-electron chi connectivity index (χ0n) is 9.76. The molecule has 0 saturated carbocycles. The number of aldehydes is 2. The van der Waals surface area contributed by atoms with E-state index < -0.39 is 0 Å². The Labute approximate surface area is 100 Å². The second kappa shape index (κ2) is 6.58. The summed E-state index contributed by atoms with van der Waals surface area (Å²) < 4.78 is 0. The highest BCUT2D eigenvalue weighted by Gasteiger charge is 2.14. The van der Waals surface area contributed by atoms with E-state index in [-0.39, 0.29) is 5.91 Å². The number of amides is 1. The van der Waals surface area contributed by atoms with Gasteiger partial charge in [0.2, 0.25) is 0 Å². The second-order valence-electron chi connectivity index (χ2n) is 3.74. The van der Waals surface area contributed by atoms with Gasteiger partial charge in [-0.1, -0.05) is 18.2 Å². The summed E-state index contributed by atoms with van der Waals surface area (Å²) in [4.78, 5) is 34.5. The maximum Gasteiger partial charge on any atom is 0.254 e. The molecule has 0 bridgehead atoms. The Morgan fingerprint density at radius 2 is 2.00 bits per heavy atom. The first kappa shape index (κ1) is 13.1. The molecule has 1 aromatic carbocycles. The minimum Gasteiger partial charge on any atom is -0.342 e. The zero-order chi connectivity index (χ0) is 12.7. The van der Waals surface area contributed by atoms with E-state index in [4.69, 9.17) is 0 Å². The van der Waals surface area contributed by atoms with Crippen molar-refractivity contribution < 1.29 is 14.4 Å². The Bertz CT molecular complexity index is 415. The maximum atomic E-state index is 12.0. The number of rotatable bonds is 6. The summed E-state index contributed by atoms with van der Waals surface area (Å²) in [5.41, 5.74) is 0.788. The highest BCUT2D eigenvalue weighted by molar-refractivity contribution is 6.01. The number of hydrogen-bond acceptors (Lipinski definition) is 3. The lowest BCUT2D eigenvalue weighted by atomic mass is 10.1. The van der Waals surface area contributed by atoms with Crippen molar-refractivity contribution in [2.45, 2.75) is 12.8 Å². The van der Waals surface area contributed by atoms with E-state index in [1.54, 1.807) is 31.3 Å². The highest BCUT2D eigenvalue weighted by Crippen LogP contribution is 2.09. The fourth-order valence-electron chi connectivity index (χ4n) is 1.51. The van der Waals surface area contributed by atoms with Crippen molar-refractivity contribution in [2.75, 3.05) is 13.6 Å². The standard InChI is InChI=1S/C13H15NO3/c1-14(8-4-5-9-15)13(17)12-7-3-2-6-11(12)10-16/h2-3,6-7,9-10H,4-5,8H2,1H3. The largest absolute Gasteiger partial charge is 0.342 e. The van der Waals surface area contributed by atoms with Gasteiger partial charge in [-0.15, -0.1) is 0 Å². The topological polar surface area (TPSA) is 54.5 Å². The third kappa shape index (κ3) is 3.52. The van der Waals surface area contributed by atoms with E-state index in [2.05, 4.69) is 0 Å². The van der Waals surface area contributed by atoms with Crippen molar-refractivity contribution in [2.24, 2.45) is 0 Å². The molecule has 0 aliphatic rings. The molecule has 1 aromatic rings. The monoisotopic (exact) mass is 233 g/mol. The highest BCUT2D eigenvalue weighted by atomic mass is 16.2. The molecule has 90 valence electrons. The van der Waals surface area contributed by atoms with Crippen LogP contribution in [0.3, 0.4) is 0 Å². The average molecular weight is 233 g/mol. The summed E-state index contributed by atoms with van der Waals surface area (Å²) in [6, 6.07) is 6.67. The Morgan fingerprint density at radius 3 is 2.65 bits per heavy atom. The van der Waals surface area contributed by atoms with Crippen molar-refractivity contribution in [3.63, 3.8) is 0 Å². The first-order valence-electron chi connectivity index (χ1n) is 5.44. The van der Waals surface area contributed by atoms with Crippen molar-refractivity contribution in [3.8, 4) is 0 Å². The van der Waals surface area contributed by atoms with E-state index in [1.165, 1.54) is 4.90 Å². The van der Waals surface area contributed by atoms with E-state index in [1.807, 2.05) is 0 Å². The number of unbranched alkanes of at least 4 members (excludes halogenated alkanes) is 1. The number of hydrogen-bond donors (Lipinski definition) is 0. The van der Waals surface area contributed by atoms with Gasteiger partial charge in [0, 0.05) is 25.6 Å². The van der Waals surface area contributed by atoms with Crippen LogP contribution in [0.1, 0.15) is 33.6 Å². The van der Waals surface area contributed by atoms with Crippen molar-refractivity contribution in [1.29, 1.82) is 0 Å². The SMILES string of the molecule is CN(CCCC=O)C(=O)c1ccccc1C=O. The van der Waals surface area contributed by atoms with Gasteiger partial charge < -0.3 is 9.69 Å². The molecular weight excluding hydrogens is 218 g/mol. The fraction of sp³-hybridized carbons (Fsp3) is 0.308. The minimum absolute atomic E-state index is 0.196. The van der Waals surface area contributed by atoms with Crippen LogP contribution in [-0.4, -0.2) is 37.0 Å². The van der Waals surface area contributed by atoms with E-state index in [9.17, 15) is 14.4 Å². The van der Waals surface area contributed by atoms with Crippen LogP contribution in [0.25, 0.3) is 0 Å². The maximum absolute atomic E-state index is 12.0. The molecule has 0 aliphatic heterocycles. The average Bonchev–Trinajstić information content (AvgIpc) is 2.38. The Kier molecular flexibility index (Phi) is 5.07. The van der Waals surface area contributed by atoms with Gasteiger partial charge in [-0.25, -0.2) is 0 Å². The van der Waals surface area contributed by atoms with Crippen LogP contribution in [-0.2, 0) is 4.79 Å². The molecule has 1 amide bonds. The van der Waals surface area contributed by atoms with Crippen LogP contribution >= 0.6 is 0 Å². The summed E-state index contributed by atoms with van der Waals surface area (Å²) in [6.45, 7) is 0.505. The molecule has 0 unspecified atom stereocenters. The number of carbonyl (C=O) groups excluding carboxylic acids is 3. The van der Waals surface area contributed by atoms with Gasteiger partial charge in [-0.2, -0.15) is 0 Å². The van der Waals surface area contributed by atoms with Crippen LogP contribution in [0.4, 0.5) is 0 Å². The van der Waals surface area contributed by atoms with Crippen molar-refractivity contribution in [1.82, 2.24) is 4.90 Å². The Balaban J connectivity index is 2.74. The first-order valence-corrected chi connectivity index (χ1v) is 5.44. The number of carbonyl (C=O) groups is 3. The van der Waals surface area contributed by atoms with Gasteiger partial charge in [0.15, 0.2) is 6.29 Å². The molecule has 4 heteroatoms. The summed E-state index contributed by atoms with van der Waals surface area (Å²) in [5.74, 6) is -0.196. The first-order chi connectivity index (χ1) is 8.20. The Morgan fingerprint density at radius 1 is 1.29 bits per heavy atom. The van der Waals surface area contributed by atoms with E-state index in [0.717, 1.165) is 6.29 Å². The van der Waals surface area contributed by atoms with Crippen LogP contribution in [0.15, 0.2) is 24.3 Å². The third-order valence-electron chi connectivity index (χ3n) is 2.48. The van der Waals surface area contributed by atoms with Crippen LogP contribution in [0.5, 0.6) is 0 Å². The van der Waals surface area contributed by atoms with Gasteiger partial charge in [-0.3, -0.25) is 9.59 Å². The molecule has 0 spiro atoms. The second-order valence-corrected chi connectivity index (χ2v) is 3.74. The molecule has 0 radical (unpaired) electrons. The molecule has 0 aromatic heterocycles. The Hall–Kier alpha value is -1.97. The van der Waals surface area contributed by atoms with E-state index >= 15 is 0 Å². The minimum atomic E-state index is -0.196. The van der Waals surface area contributed by atoms with Crippen molar-refractivity contribution >= 4 is 18.5 Å². The van der Waals surface area contributed by atoms with Crippen molar-refractivity contribution in [3.05, 3.63) is 35.4 Å². The molecular formula is C13H15NO3. The van der Waals surface area contributed by atoms with Gasteiger partial charge in [0.05, 0.1) is 5.56 Å². The van der Waals surface area contributed by atoms with Gasteiger partial charge in [0.1, 0.15) is 6.29 Å². The molecule has 0 atom stereocenters. The van der Waals surface area contributed by atoms with Crippen LogP contribution in [0, 0.1) is 0 Å². The lowest BCUT2D eigenvalue weighted by Gasteiger charge is -2.17. The lowest BCUT2D eigenvalue weighted by Crippen LogP contribution is -2.28. The molecule has 4 nitrogen and oxygen atoms in total. The molecule has 0 N–H and O–H groups in total. The number of nitrogens with zero attached hydrogens (tertiary/aromatic N) is 1. The fourth-order valence-corrected chi connectivity index (χ4v) is 1.51. The summed E-state index contributed by atoms with van der Waals surface area (Å²) in [5, 5.41) is 0. The molecule has 1 rings (SSSR count). The van der Waals surface area contributed by atoms with Gasteiger partial charge in [-0.05, 0) is 12.5 Å². The van der Waals surface area contributed by atoms with Gasteiger partial charge in [0.25, 0.3) is 5.91 Å². The summed E-state index contributed by atoms with van der Waals surface area (Å²) in [7, 11) is 1.66. The van der Waals surface area contributed by atoms with E-state index in [0.29, 0.717) is 36.8 Å². The molecule has 0 saturated heterocycles. The van der Waals surface area contributed by atoms with Crippen LogP contribution in [0.2, 0.25) is 0 Å². The molecule has 17 heavy (non-hydrogen) atoms. The summed E-state index contributed by atoms with van der Waals surface area (Å²) in [6.07, 6.45) is 2.58. The molecule has 0 aliphatic carbocycles.